The zero-order chi connectivity index (χ0) is 11.4. The van der Waals surface area contributed by atoms with Crippen molar-refractivity contribution < 1.29 is 9.13 Å². The van der Waals surface area contributed by atoms with Crippen LogP contribution in [0.2, 0.25) is 0 Å². The molecule has 0 spiro atoms. The van der Waals surface area contributed by atoms with Crippen LogP contribution in [-0.4, -0.2) is 6.10 Å². The van der Waals surface area contributed by atoms with Crippen LogP contribution in [0.5, 0.6) is 5.75 Å². The average Bonchev–Trinajstić information content (AvgIpc) is 2.17. The predicted molar refractivity (Wildman–Crippen MR) is 54.7 cm³/mol. The fourth-order valence-corrected chi connectivity index (χ4v) is 1.20. The summed E-state index contributed by atoms with van der Waals surface area (Å²) in [6.07, 6.45) is -0.621. The molecule has 0 heterocycles. The summed E-state index contributed by atoms with van der Waals surface area (Å²) in [5, 5.41) is 8.59. The SMILES string of the molecule is CC(C#N)Oc1cc(F)ccc1C(C)N. The number of nitriles is 1. The molecule has 80 valence electrons. The van der Waals surface area contributed by atoms with Gasteiger partial charge in [-0.05, 0) is 19.9 Å². The molecule has 3 nitrogen and oxygen atoms in total. The van der Waals surface area contributed by atoms with E-state index in [0.717, 1.165) is 0 Å². The van der Waals surface area contributed by atoms with Crippen LogP contribution < -0.4 is 10.5 Å². The molecule has 1 rings (SSSR count). The Bertz CT molecular complexity index is 385. The van der Waals surface area contributed by atoms with Gasteiger partial charge in [0, 0.05) is 17.7 Å². The predicted octanol–water partition coefficient (Wildman–Crippen LogP) is 2.14. The molecule has 15 heavy (non-hydrogen) atoms. The molecule has 0 amide bonds. The highest BCUT2D eigenvalue weighted by molar-refractivity contribution is 5.36. The highest BCUT2D eigenvalue weighted by Crippen LogP contribution is 2.25. The molecule has 2 unspecified atom stereocenters. The first-order chi connectivity index (χ1) is 7.04. The molecular weight excluding hydrogens is 195 g/mol. The average molecular weight is 208 g/mol. The summed E-state index contributed by atoms with van der Waals surface area (Å²) in [4.78, 5) is 0. The van der Waals surface area contributed by atoms with Crippen LogP contribution in [-0.2, 0) is 0 Å². The van der Waals surface area contributed by atoms with E-state index in [2.05, 4.69) is 0 Å². The van der Waals surface area contributed by atoms with Gasteiger partial charge in [-0.25, -0.2) is 4.39 Å². The van der Waals surface area contributed by atoms with E-state index in [1.807, 2.05) is 6.07 Å². The third kappa shape index (κ3) is 2.93. The number of halogens is 1. The lowest BCUT2D eigenvalue weighted by atomic mass is 10.1. The van der Waals surface area contributed by atoms with Crippen LogP contribution in [0, 0.1) is 17.1 Å². The van der Waals surface area contributed by atoms with Crippen molar-refractivity contribution in [1.82, 2.24) is 0 Å². The van der Waals surface area contributed by atoms with Crippen molar-refractivity contribution in [2.75, 3.05) is 0 Å². The third-order valence-electron chi connectivity index (χ3n) is 1.95. The zero-order valence-corrected chi connectivity index (χ0v) is 8.70. The van der Waals surface area contributed by atoms with Gasteiger partial charge in [0.1, 0.15) is 17.6 Å². The van der Waals surface area contributed by atoms with Gasteiger partial charge in [-0.1, -0.05) is 6.07 Å². The maximum absolute atomic E-state index is 13.0. The molecule has 4 heteroatoms. The number of nitrogens with zero attached hydrogens (tertiary/aromatic N) is 1. The number of hydrogen-bond donors (Lipinski definition) is 1. The van der Waals surface area contributed by atoms with Gasteiger partial charge in [0.05, 0.1) is 0 Å². The van der Waals surface area contributed by atoms with Crippen molar-refractivity contribution >= 4 is 0 Å². The molecular formula is C11H13FN2O. The van der Waals surface area contributed by atoms with Crippen LogP contribution in [0.4, 0.5) is 4.39 Å². The molecule has 0 saturated carbocycles. The summed E-state index contributed by atoms with van der Waals surface area (Å²) >= 11 is 0. The van der Waals surface area contributed by atoms with Crippen molar-refractivity contribution in [2.45, 2.75) is 26.0 Å². The van der Waals surface area contributed by atoms with Gasteiger partial charge in [0.2, 0.25) is 0 Å². The Morgan fingerprint density at radius 1 is 1.47 bits per heavy atom. The van der Waals surface area contributed by atoms with Crippen LogP contribution in [0.1, 0.15) is 25.5 Å². The number of nitrogens with two attached hydrogens (primary N) is 1. The van der Waals surface area contributed by atoms with Crippen LogP contribution >= 0.6 is 0 Å². The van der Waals surface area contributed by atoms with E-state index in [1.54, 1.807) is 19.9 Å². The lowest BCUT2D eigenvalue weighted by molar-refractivity contribution is 0.271. The van der Waals surface area contributed by atoms with E-state index in [4.69, 9.17) is 15.7 Å². The molecule has 0 fully saturated rings. The largest absolute Gasteiger partial charge is 0.475 e. The summed E-state index contributed by atoms with van der Waals surface area (Å²) in [7, 11) is 0. The zero-order valence-electron chi connectivity index (χ0n) is 8.70. The monoisotopic (exact) mass is 208 g/mol. The maximum Gasteiger partial charge on any atom is 0.181 e. The minimum absolute atomic E-state index is 0.258. The van der Waals surface area contributed by atoms with Crippen molar-refractivity contribution in [3.8, 4) is 11.8 Å². The van der Waals surface area contributed by atoms with Crippen molar-refractivity contribution in [3.63, 3.8) is 0 Å². The van der Waals surface area contributed by atoms with Gasteiger partial charge in [0.25, 0.3) is 0 Å². The fraction of sp³-hybridized carbons (Fsp3) is 0.364. The van der Waals surface area contributed by atoms with Crippen LogP contribution in [0.15, 0.2) is 18.2 Å². The smallest absolute Gasteiger partial charge is 0.181 e. The summed E-state index contributed by atoms with van der Waals surface area (Å²) in [5.41, 5.74) is 6.39. The molecule has 0 bridgehead atoms. The highest BCUT2D eigenvalue weighted by atomic mass is 19.1. The van der Waals surface area contributed by atoms with Gasteiger partial charge >= 0.3 is 0 Å². The third-order valence-corrected chi connectivity index (χ3v) is 1.95. The number of ether oxygens (including phenoxy) is 1. The molecule has 2 N–H and O–H groups in total. The summed E-state index contributed by atoms with van der Waals surface area (Å²) < 4.78 is 18.2. The normalized spacial score (nSPS) is 14.1. The van der Waals surface area contributed by atoms with Gasteiger partial charge in [-0.3, -0.25) is 0 Å². The van der Waals surface area contributed by atoms with Crippen LogP contribution in [0.3, 0.4) is 0 Å². The second kappa shape index (κ2) is 4.76. The first-order valence-electron chi connectivity index (χ1n) is 4.66. The van der Waals surface area contributed by atoms with E-state index in [1.165, 1.54) is 12.1 Å². The molecule has 0 aromatic heterocycles. The Morgan fingerprint density at radius 3 is 2.67 bits per heavy atom. The van der Waals surface area contributed by atoms with Crippen molar-refractivity contribution in [1.29, 1.82) is 5.26 Å². The van der Waals surface area contributed by atoms with E-state index in [0.29, 0.717) is 11.3 Å². The molecule has 0 aliphatic carbocycles. The topological polar surface area (TPSA) is 59.0 Å². The van der Waals surface area contributed by atoms with Gasteiger partial charge in [0.15, 0.2) is 6.10 Å². The molecule has 0 aliphatic rings. The fourth-order valence-electron chi connectivity index (χ4n) is 1.20. The number of hydrogen-bond acceptors (Lipinski definition) is 3. The minimum Gasteiger partial charge on any atom is -0.475 e. The van der Waals surface area contributed by atoms with E-state index >= 15 is 0 Å². The number of rotatable bonds is 3. The summed E-state index contributed by atoms with van der Waals surface area (Å²) in [5.74, 6) is -0.0708. The standard InChI is InChI=1S/C11H13FN2O/c1-7(6-13)15-11-5-9(12)3-4-10(11)8(2)14/h3-5,7-8H,14H2,1-2H3. The van der Waals surface area contributed by atoms with Gasteiger partial charge < -0.3 is 10.5 Å². The minimum atomic E-state index is -0.621. The molecule has 0 saturated heterocycles. The van der Waals surface area contributed by atoms with Crippen molar-refractivity contribution in [3.05, 3.63) is 29.6 Å². The van der Waals surface area contributed by atoms with E-state index in [-0.39, 0.29) is 6.04 Å². The quantitative estimate of drug-likeness (QED) is 0.827. The Labute approximate surface area is 88.3 Å². The van der Waals surface area contributed by atoms with Gasteiger partial charge in [-0.15, -0.1) is 0 Å². The first kappa shape index (κ1) is 11.5. The number of benzene rings is 1. The first-order valence-corrected chi connectivity index (χ1v) is 4.66. The Hall–Kier alpha value is -1.60. The molecule has 0 aliphatic heterocycles. The summed E-state index contributed by atoms with van der Waals surface area (Å²) in [6.45, 7) is 3.37. The Balaban J connectivity index is 3.03. The molecule has 1 aromatic carbocycles. The lowest BCUT2D eigenvalue weighted by Crippen LogP contribution is -2.13. The Kier molecular flexibility index (Phi) is 3.64. The molecule has 1 aromatic rings. The second-order valence-electron chi connectivity index (χ2n) is 3.36. The van der Waals surface area contributed by atoms with Crippen LogP contribution in [0.25, 0.3) is 0 Å². The van der Waals surface area contributed by atoms with E-state index in [9.17, 15) is 4.39 Å². The van der Waals surface area contributed by atoms with Gasteiger partial charge in [-0.2, -0.15) is 5.26 Å². The Morgan fingerprint density at radius 2 is 2.13 bits per heavy atom. The second-order valence-corrected chi connectivity index (χ2v) is 3.36. The lowest BCUT2D eigenvalue weighted by Gasteiger charge is -2.15. The molecule has 0 radical (unpaired) electrons. The highest BCUT2D eigenvalue weighted by Gasteiger charge is 2.11. The maximum atomic E-state index is 13.0. The van der Waals surface area contributed by atoms with Crippen molar-refractivity contribution in [2.24, 2.45) is 5.73 Å². The molecule has 2 atom stereocenters. The van der Waals surface area contributed by atoms with E-state index < -0.39 is 11.9 Å². The summed E-state index contributed by atoms with van der Waals surface area (Å²) in [6, 6.07) is 5.79.